The molecule has 10 nitrogen and oxygen atoms in total. The number of rotatable bonds is 4. The maximum Gasteiger partial charge on any atom is 0.396 e. The Hall–Kier alpha value is -4.34. The Morgan fingerprint density at radius 3 is 2.76 bits per heavy atom. The minimum Gasteiger partial charge on any atom is -0.454 e. The van der Waals surface area contributed by atoms with E-state index in [1.807, 2.05) is 6.07 Å². The molecule has 0 saturated carbocycles. The number of alkyl halides is 3. The summed E-state index contributed by atoms with van der Waals surface area (Å²) in [5.41, 5.74) is 5.87. The number of nitrogen functional groups attached to an aromatic ring is 1. The zero-order valence-electron chi connectivity index (χ0n) is 17.4. The number of aryl methyl sites for hydroxylation is 1. The minimum atomic E-state index is -4.51. The highest BCUT2D eigenvalue weighted by atomic mass is 19.4. The second-order valence-electron chi connectivity index (χ2n) is 7.33. The van der Waals surface area contributed by atoms with Gasteiger partial charge in [-0.3, -0.25) is 4.79 Å². The number of carbonyl (C=O) groups is 1. The van der Waals surface area contributed by atoms with Gasteiger partial charge in [0.2, 0.25) is 5.95 Å². The van der Waals surface area contributed by atoms with Crippen molar-refractivity contribution >= 4 is 28.8 Å². The fourth-order valence-corrected chi connectivity index (χ4v) is 3.39. The summed E-state index contributed by atoms with van der Waals surface area (Å²) in [4.78, 5) is 25.7. The number of nitrogens with one attached hydrogen (secondary N) is 1. The number of nitriles is 1. The normalized spacial score (nSPS) is 16.5. The quantitative estimate of drug-likeness (QED) is 0.609. The lowest BCUT2D eigenvalue weighted by Crippen LogP contribution is -2.43. The monoisotopic (exact) mass is 458 g/mol. The molecule has 0 fully saturated rings. The van der Waals surface area contributed by atoms with Crippen molar-refractivity contribution in [3.63, 3.8) is 0 Å². The SMILES string of the molecule is CN1CC(C(F)(F)F)C=C(Nc2nc3ncc(Oc4ccnc(N)c4)c(C#N)c3n2C)C1=O. The Labute approximate surface area is 185 Å². The van der Waals surface area contributed by atoms with Gasteiger partial charge in [-0.25, -0.2) is 9.97 Å². The van der Waals surface area contributed by atoms with E-state index in [9.17, 15) is 23.2 Å². The largest absolute Gasteiger partial charge is 0.454 e. The molecule has 0 aliphatic carbocycles. The maximum absolute atomic E-state index is 13.2. The van der Waals surface area contributed by atoms with Crippen LogP contribution in [0.3, 0.4) is 0 Å². The summed E-state index contributed by atoms with van der Waals surface area (Å²) in [6, 6.07) is 5.05. The number of aromatic nitrogens is 4. The Kier molecular flexibility index (Phi) is 5.28. The first-order valence-corrected chi connectivity index (χ1v) is 9.54. The van der Waals surface area contributed by atoms with Gasteiger partial charge in [0, 0.05) is 32.9 Å². The molecule has 3 aromatic rings. The molecule has 4 rings (SSSR count). The third kappa shape index (κ3) is 4.10. The number of amides is 1. The molecule has 0 bridgehead atoms. The molecule has 1 unspecified atom stereocenters. The maximum atomic E-state index is 13.2. The molecule has 1 aliphatic rings. The van der Waals surface area contributed by atoms with Crippen LogP contribution in [0.15, 0.2) is 36.3 Å². The van der Waals surface area contributed by atoms with Crippen LogP contribution in [0.1, 0.15) is 5.56 Å². The lowest BCUT2D eigenvalue weighted by molar-refractivity contribution is -0.168. The van der Waals surface area contributed by atoms with E-state index in [1.54, 1.807) is 6.07 Å². The van der Waals surface area contributed by atoms with Gasteiger partial charge in [-0.05, 0) is 12.1 Å². The van der Waals surface area contributed by atoms with Crippen molar-refractivity contribution in [1.29, 1.82) is 5.26 Å². The average molecular weight is 458 g/mol. The molecular formula is C20H17F3N8O2. The number of imidazole rings is 1. The van der Waals surface area contributed by atoms with Crippen LogP contribution in [0.25, 0.3) is 11.2 Å². The third-order valence-corrected chi connectivity index (χ3v) is 5.04. The van der Waals surface area contributed by atoms with Crippen molar-refractivity contribution in [2.24, 2.45) is 13.0 Å². The highest BCUT2D eigenvalue weighted by Gasteiger charge is 2.43. The van der Waals surface area contributed by atoms with Gasteiger partial charge in [0.05, 0.1) is 12.1 Å². The first-order valence-electron chi connectivity index (χ1n) is 9.54. The van der Waals surface area contributed by atoms with Crippen LogP contribution in [-0.2, 0) is 11.8 Å². The van der Waals surface area contributed by atoms with Crippen molar-refractivity contribution in [2.75, 3.05) is 24.6 Å². The molecule has 1 aliphatic heterocycles. The Balaban J connectivity index is 1.73. The van der Waals surface area contributed by atoms with E-state index in [2.05, 4.69) is 20.3 Å². The molecule has 1 atom stereocenters. The molecule has 0 spiro atoms. The van der Waals surface area contributed by atoms with Gasteiger partial charge in [-0.1, -0.05) is 0 Å². The molecule has 170 valence electrons. The van der Waals surface area contributed by atoms with Crippen LogP contribution in [0.2, 0.25) is 0 Å². The summed E-state index contributed by atoms with van der Waals surface area (Å²) in [5.74, 6) is -1.72. The molecule has 3 aromatic heterocycles. The fraction of sp³-hybridized carbons (Fsp3) is 0.250. The van der Waals surface area contributed by atoms with Crippen LogP contribution in [-0.4, -0.2) is 50.1 Å². The van der Waals surface area contributed by atoms with Crippen LogP contribution >= 0.6 is 0 Å². The van der Waals surface area contributed by atoms with Gasteiger partial charge in [-0.2, -0.15) is 23.4 Å². The predicted molar refractivity (Wildman–Crippen MR) is 111 cm³/mol. The highest BCUT2D eigenvalue weighted by Crippen LogP contribution is 2.34. The molecule has 3 N–H and O–H groups in total. The number of likely N-dealkylation sites (N-methyl/N-ethyl adjacent to an activating group) is 1. The molecule has 0 saturated heterocycles. The number of carbonyl (C=O) groups excluding carboxylic acids is 1. The van der Waals surface area contributed by atoms with Gasteiger partial charge in [0.1, 0.15) is 34.4 Å². The number of ether oxygens (including phenoxy) is 1. The first-order chi connectivity index (χ1) is 15.6. The summed E-state index contributed by atoms with van der Waals surface area (Å²) < 4.78 is 46.9. The zero-order valence-corrected chi connectivity index (χ0v) is 17.4. The van der Waals surface area contributed by atoms with E-state index in [0.717, 1.165) is 11.0 Å². The lowest BCUT2D eigenvalue weighted by atomic mass is 10.0. The van der Waals surface area contributed by atoms with E-state index >= 15 is 0 Å². The summed E-state index contributed by atoms with van der Waals surface area (Å²) in [7, 11) is 2.82. The van der Waals surface area contributed by atoms with Crippen molar-refractivity contribution in [3.05, 3.63) is 41.9 Å². The van der Waals surface area contributed by atoms with Crippen LogP contribution < -0.4 is 15.8 Å². The Morgan fingerprint density at radius 2 is 2.09 bits per heavy atom. The first kappa shape index (κ1) is 21.9. The second kappa shape index (κ2) is 7.97. The smallest absolute Gasteiger partial charge is 0.396 e. The van der Waals surface area contributed by atoms with Crippen molar-refractivity contribution in [1.82, 2.24) is 24.4 Å². The number of hydrogen-bond acceptors (Lipinski definition) is 8. The number of anilines is 2. The Morgan fingerprint density at radius 1 is 1.33 bits per heavy atom. The minimum absolute atomic E-state index is 0.0372. The molecule has 4 heterocycles. The summed E-state index contributed by atoms with van der Waals surface area (Å²) >= 11 is 0. The average Bonchev–Trinajstić information content (AvgIpc) is 3.06. The molecule has 0 radical (unpaired) electrons. The Bertz CT molecular complexity index is 1330. The number of fused-ring (bicyclic) bond motifs is 1. The van der Waals surface area contributed by atoms with E-state index < -0.39 is 24.5 Å². The van der Waals surface area contributed by atoms with Crippen LogP contribution in [0, 0.1) is 17.2 Å². The van der Waals surface area contributed by atoms with E-state index in [-0.39, 0.29) is 39.9 Å². The standard InChI is InChI=1S/C20H17F3N8O2/c1-30-9-10(20(21,22)23)5-13(18(30)32)28-19-29-17-16(31(19)2)12(7-24)14(8-27-17)33-11-3-4-26-15(25)6-11/h3-6,8,10H,9H2,1-2H3,(H2,25,26)(H,27,28,29). The topological polar surface area (TPSA) is 135 Å². The lowest BCUT2D eigenvalue weighted by Gasteiger charge is -2.30. The van der Waals surface area contributed by atoms with Crippen LogP contribution in [0.5, 0.6) is 11.5 Å². The van der Waals surface area contributed by atoms with Crippen LogP contribution in [0.4, 0.5) is 24.9 Å². The molecule has 13 heteroatoms. The molecular weight excluding hydrogens is 441 g/mol. The zero-order chi connectivity index (χ0) is 23.9. The van der Waals surface area contributed by atoms with Gasteiger partial charge in [0.15, 0.2) is 11.4 Å². The molecule has 33 heavy (non-hydrogen) atoms. The van der Waals surface area contributed by atoms with E-state index in [0.29, 0.717) is 5.75 Å². The molecule has 1 amide bonds. The van der Waals surface area contributed by atoms with Gasteiger partial charge in [-0.15, -0.1) is 0 Å². The highest BCUT2D eigenvalue weighted by molar-refractivity contribution is 5.97. The van der Waals surface area contributed by atoms with Crippen molar-refractivity contribution < 1.29 is 22.7 Å². The predicted octanol–water partition coefficient (Wildman–Crippen LogP) is 2.56. The second-order valence-corrected chi connectivity index (χ2v) is 7.33. The van der Waals surface area contributed by atoms with Gasteiger partial charge >= 0.3 is 6.18 Å². The number of hydrogen-bond donors (Lipinski definition) is 2. The van der Waals surface area contributed by atoms with Crippen molar-refractivity contribution in [3.8, 4) is 17.6 Å². The summed E-state index contributed by atoms with van der Waals surface area (Å²) in [6.45, 7) is -0.476. The number of halogens is 3. The number of nitrogens with zero attached hydrogens (tertiary/aromatic N) is 6. The van der Waals surface area contributed by atoms with Gasteiger partial charge < -0.3 is 25.3 Å². The number of pyridine rings is 2. The van der Waals surface area contributed by atoms with E-state index in [1.165, 1.54) is 37.1 Å². The van der Waals surface area contributed by atoms with Crippen molar-refractivity contribution in [2.45, 2.75) is 6.18 Å². The van der Waals surface area contributed by atoms with E-state index in [4.69, 9.17) is 10.5 Å². The van der Waals surface area contributed by atoms with Gasteiger partial charge in [0.25, 0.3) is 5.91 Å². The third-order valence-electron chi connectivity index (χ3n) is 5.04. The summed E-state index contributed by atoms with van der Waals surface area (Å²) in [6.07, 6.45) is -0.934. The number of nitrogens with two attached hydrogens (primary N) is 1. The fourth-order valence-electron chi connectivity index (χ4n) is 3.39. The molecule has 0 aromatic carbocycles. The summed E-state index contributed by atoms with van der Waals surface area (Å²) in [5, 5.41) is 12.4.